The van der Waals surface area contributed by atoms with E-state index in [0.29, 0.717) is 0 Å². The van der Waals surface area contributed by atoms with Crippen LogP contribution in [0.4, 0.5) is 0 Å². The molecule has 0 spiro atoms. The molecular formula is C10H11BrO. The Hall–Kier alpha value is -0.340. The van der Waals surface area contributed by atoms with Gasteiger partial charge >= 0.3 is 0 Å². The van der Waals surface area contributed by atoms with Crippen LogP contribution in [-0.4, -0.2) is 9.93 Å². The van der Waals surface area contributed by atoms with Gasteiger partial charge in [-0.3, -0.25) is 0 Å². The second kappa shape index (κ2) is 3.19. The van der Waals surface area contributed by atoms with Crippen LogP contribution in [0.3, 0.4) is 0 Å². The van der Waals surface area contributed by atoms with Crippen LogP contribution in [0.1, 0.15) is 23.7 Å². The van der Waals surface area contributed by atoms with Crippen molar-refractivity contribution in [3.8, 4) is 0 Å². The van der Waals surface area contributed by atoms with Crippen molar-refractivity contribution in [3.05, 3.63) is 35.4 Å². The molecule has 1 aromatic rings. The highest BCUT2D eigenvalue weighted by Gasteiger charge is 2.24. The number of hydrogen-bond donors (Lipinski definition) is 1. The normalized spacial score (nSPS) is 28.2. The Morgan fingerprint density at radius 1 is 1.33 bits per heavy atom. The molecule has 0 bridgehead atoms. The van der Waals surface area contributed by atoms with Crippen LogP contribution >= 0.6 is 15.9 Å². The molecule has 0 saturated heterocycles. The zero-order valence-electron chi connectivity index (χ0n) is 6.70. The number of aliphatic hydroxyl groups excluding tert-OH is 1. The smallest absolute Gasteiger partial charge is 0.0917 e. The van der Waals surface area contributed by atoms with Crippen molar-refractivity contribution in [1.82, 2.24) is 0 Å². The Morgan fingerprint density at radius 2 is 2.08 bits per heavy atom. The van der Waals surface area contributed by atoms with Crippen LogP contribution < -0.4 is 0 Å². The molecule has 0 aliphatic heterocycles. The van der Waals surface area contributed by atoms with E-state index in [9.17, 15) is 5.11 Å². The van der Waals surface area contributed by atoms with Crippen molar-refractivity contribution in [2.75, 3.05) is 0 Å². The molecule has 1 aromatic carbocycles. The first-order valence-corrected chi connectivity index (χ1v) is 5.10. The van der Waals surface area contributed by atoms with Crippen LogP contribution in [0.15, 0.2) is 24.3 Å². The Balaban J connectivity index is 2.42. The number of aliphatic hydroxyl groups is 1. The lowest BCUT2D eigenvalue weighted by atomic mass is 9.89. The maximum Gasteiger partial charge on any atom is 0.0917 e. The molecule has 0 aromatic heterocycles. The molecule has 0 amide bonds. The maximum atomic E-state index is 9.78. The second-order valence-electron chi connectivity index (χ2n) is 3.20. The fourth-order valence-corrected chi connectivity index (χ4v) is 2.21. The SMILES string of the molecule is O[C@@H]1c2ccccc2CCC1Br. The molecule has 1 aliphatic rings. The van der Waals surface area contributed by atoms with Crippen LogP contribution in [0.2, 0.25) is 0 Å². The topological polar surface area (TPSA) is 20.2 Å². The van der Waals surface area contributed by atoms with Crippen LogP contribution in [-0.2, 0) is 6.42 Å². The largest absolute Gasteiger partial charge is 0.387 e. The van der Waals surface area contributed by atoms with E-state index in [4.69, 9.17) is 0 Å². The van der Waals surface area contributed by atoms with E-state index in [1.54, 1.807) is 0 Å². The van der Waals surface area contributed by atoms with E-state index in [-0.39, 0.29) is 10.9 Å². The minimum Gasteiger partial charge on any atom is -0.387 e. The van der Waals surface area contributed by atoms with Crippen molar-refractivity contribution < 1.29 is 5.11 Å². The minimum absolute atomic E-state index is 0.229. The van der Waals surface area contributed by atoms with Gasteiger partial charge in [-0.2, -0.15) is 0 Å². The highest BCUT2D eigenvalue weighted by Crippen LogP contribution is 2.33. The Labute approximate surface area is 80.5 Å². The minimum atomic E-state index is -0.324. The predicted molar refractivity (Wildman–Crippen MR) is 52.4 cm³/mol. The van der Waals surface area contributed by atoms with Crippen molar-refractivity contribution in [3.63, 3.8) is 0 Å². The summed E-state index contributed by atoms with van der Waals surface area (Å²) in [4.78, 5) is 0.229. The molecule has 0 saturated carbocycles. The molecule has 2 heteroatoms. The van der Waals surface area contributed by atoms with E-state index in [2.05, 4.69) is 22.0 Å². The van der Waals surface area contributed by atoms with E-state index in [0.717, 1.165) is 18.4 Å². The molecule has 0 radical (unpaired) electrons. The Morgan fingerprint density at radius 3 is 2.92 bits per heavy atom. The maximum absolute atomic E-state index is 9.78. The lowest BCUT2D eigenvalue weighted by Crippen LogP contribution is -2.19. The van der Waals surface area contributed by atoms with Crippen molar-refractivity contribution >= 4 is 15.9 Å². The average molecular weight is 227 g/mol. The first-order valence-electron chi connectivity index (χ1n) is 4.19. The van der Waals surface area contributed by atoms with Gasteiger partial charge in [0.1, 0.15) is 0 Å². The van der Waals surface area contributed by atoms with Gasteiger partial charge in [-0.1, -0.05) is 40.2 Å². The summed E-state index contributed by atoms with van der Waals surface area (Å²) in [6.45, 7) is 0. The molecule has 12 heavy (non-hydrogen) atoms. The van der Waals surface area contributed by atoms with Gasteiger partial charge in [0.25, 0.3) is 0 Å². The van der Waals surface area contributed by atoms with E-state index < -0.39 is 0 Å². The van der Waals surface area contributed by atoms with Gasteiger partial charge in [-0.25, -0.2) is 0 Å². The van der Waals surface area contributed by atoms with Gasteiger partial charge in [0, 0.05) is 4.83 Å². The van der Waals surface area contributed by atoms with Crippen LogP contribution in [0.25, 0.3) is 0 Å². The summed E-state index contributed by atoms with van der Waals surface area (Å²) in [5.41, 5.74) is 2.38. The van der Waals surface area contributed by atoms with Gasteiger partial charge in [0.2, 0.25) is 0 Å². The fraction of sp³-hybridized carbons (Fsp3) is 0.400. The van der Waals surface area contributed by atoms with E-state index in [1.807, 2.05) is 18.2 Å². The summed E-state index contributed by atoms with van der Waals surface area (Å²) in [6.07, 6.45) is 1.77. The third kappa shape index (κ3) is 1.29. The van der Waals surface area contributed by atoms with Gasteiger partial charge in [0.15, 0.2) is 0 Å². The number of alkyl halides is 1. The number of hydrogen-bond acceptors (Lipinski definition) is 1. The van der Waals surface area contributed by atoms with Crippen molar-refractivity contribution in [2.45, 2.75) is 23.8 Å². The van der Waals surface area contributed by atoms with Gasteiger partial charge < -0.3 is 5.11 Å². The third-order valence-electron chi connectivity index (χ3n) is 2.41. The molecule has 1 nitrogen and oxygen atoms in total. The molecule has 64 valence electrons. The highest BCUT2D eigenvalue weighted by molar-refractivity contribution is 9.09. The number of rotatable bonds is 0. The summed E-state index contributed by atoms with van der Waals surface area (Å²) < 4.78 is 0. The van der Waals surface area contributed by atoms with Gasteiger partial charge in [-0.15, -0.1) is 0 Å². The lowest BCUT2D eigenvalue weighted by molar-refractivity contribution is 0.165. The lowest BCUT2D eigenvalue weighted by Gasteiger charge is -2.25. The number of fused-ring (bicyclic) bond motifs is 1. The molecule has 0 fully saturated rings. The van der Waals surface area contributed by atoms with E-state index >= 15 is 0 Å². The molecule has 0 heterocycles. The van der Waals surface area contributed by atoms with Crippen molar-refractivity contribution in [2.24, 2.45) is 0 Å². The van der Waals surface area contributed by atoms with Crippen LogP contribution in [0.5, 0.6) is 0 Å². The number of halogens is 1. The Bertz CT molecular complexity index is 285. The molecule has 1 aliphatic carbocycles. The number of aryl methyl sites for hydroxylation is 1. The van der Waals surface area contributed by atoms with Crippen LogP contribution in [0, 0.1) is 0 Å². The first-order chi connectivity index (χ1) is 5.79. The quantitative estimate of drug-likeness (QED) is 0.675. The summed E-state index contributed by atoms with van der Waals surface area (Å²) >= 11 is 3.47. The van der Waals surface area contributed by atoms with Gasteiger partial charge in [0.05, 0.1) is 6.10 Å². The summed E-state index contributed by atoms with van der Waals surface area (Å²) in [6, 6.07) is 8.11. The fourth-order valence-electron chi connectivity index (χ4n) is 1.70. The summed E-state index contributed by atoms with van der Waals surface area (Å²) in [5.74, 6) is 0. The first kappa shape index (κ1) is 8.27. The third-order valence-corrected chi connectivity index (χ3v) is 3.36. The molecular weight excluding hydrogens is 216 g/mol. The van der Waals surface area contributed by atoms with E-state index in [1.165, 1.54) is 5.56 Å². The molecule has 2 rings (SSSR count). The zero-order valence-corrected chi connectivity index (χ0v) is 8.29. The summed E-state index contributed by atoms with van der Waals surface area (Å²) in [7, 11) is 0. The second-order valence-corrected chi connectivity index (χ2v) is 4.37. The molecule has 1 unspecified atom stereocenters. The van der Waals surface area contributed by atoms with Gasteiger partial charge in [-0.05, 0) is 24.0 Å². The predicted octanol–water partition coefficient (Wildman–Crippen LogP) is 2.43. The molecule has 2 atom stereocenters. The standard InChI is InChI=1S/C10H11BrO/c11-9-6-5-7-3-1-2-4-8(7)10(9)12/h1-4,9-10,12H,5-6H2/t9?,10-/m1/s1. The Kier molecular flexibility index (Phi) is 2.20. The molecule has 1 N–H and O–H groups in total. The average Bonchev–Trinajstić information content (AvgIpc) is 2.12. The highest BCUT2D eigenvalue weighted by atomic mass is 79.9. The number of benzene rings is 1. The summed E-state index contributed by atoms with van der Waals surface area (Å²) in [5, 5.41) is 9.78. The monoisotopic (exact) mass is 226 g/mol. The van der Waals surface area contributed by atoms with Crippen molar-refractivity contribution in [1.29, 1.82) is 0 Å². The zero-order chi connectivity index (χ0) is 8.55.